The molecular weight excluding hydrogens is 198 g/mol. The molecule has 0 spiro atoms. The van der Waals surface area contributed by atoms with Crippen molar-refractivity contribution in [1.29, 1.82) is 0 Å². The van der Waals surface area contributed by atoms with Crippen molar-refractivity contribution in [2.75, 3.05) is 6.54 Å². The van der Waals surface area contributed by atoms with Crippen molar-refractivity contribution in [1.82, 2.24) is 15.1 Å². The Balaban J connectivity index is 2.81. The summed E-state index contributed by atoms with van der Waals surface area (Å²) in [4.78, 5) is 0. The Bertz CT molecular complexity index is 385. The van der Waals surface area contributed by atoms with Crippen LogP contribution in [0.25, 0.3) is 0 Å². The number of hydrogen-bond acceptors (Lipinski definition) is 2. The third-order valence-corrected chi connectivity index (χ3v) is 2.97. The summed E-state index contributed by atoms with van der Waals surface area (Å²) in [6, 6.07) is 0.358. The SMILES string of the molecule is C#CCC(Cc1c(C)nn(C)c1C)NCC. The van der Waals surface area contributed by atoms with Gasteiger partial charge in [-0.1, -0.05) is 6.92 Å². The average molecular weight is 219 g/mol. The molecule has 1 aromatic heterocycles. The fourth-order valence-electron chi connectivity index (χ4n) is 2.01. The van der Waals surface area contributed by atoms with Crippen LogP contribution < -0.4 is 5.32 Å². The molecule has 3 nitrogen and oxygen atoms in total. The van der Waals surface area contributed by atoms with Crippen LogP contribution in [0.5, 0.6) is 0 Å². The van der Waals surface area contributed by atoms with Gasteiger partial charge in [0, 0.05) is 25.2 Å². The van der Waals surface area contributed by atoms with Crippen LogP contribution in [0, 0.1) is 26.2 Å². The molecule has 1 rings (SSSR count). The molecule has 1 heterocycles. The van der Waals surface area contributed by atoms with E-state index in [9.17, 15) is 0 Å². The third kappa shape index (κ3) is 2.86. The van der Waals surface area contributed by atoms with Crippen LogP contribution in [-0.4, -0.2) is 22.4 Å². The highest BCUT2D eigenvalue weighted by atomic mass is 15.3. The van der Waals surface area contributed by atoms with Crippen molar-refractivity contribution in [3.8, 4) is 12.3 Å². The zero-order valence-corrected chi connectivity index (χ0v) is 10.7. The number of nitrogens with one attached hydrogen (secondary N) is 1. The van der Waals surface area contributed by atoms with Gasteiger partial charge in [0.2, 0.25) is 0 Å². The average Bonchev–Trinajstić information content (AvgIpc) is 2.46. The molecule has 0 radical (unpaired) electrons. The summed E-state index contributed by atoms with van der Waals surface area (Å²) in [5, 5.41) is 7.84. The molecule has 3 heteroatoms. The number of terminal acetylenes is 1. The van der Waals surface area contributed by atoms with Crippen LogP contribution in [-0.2, 0) is 13.5 Å². The van der Waals surface area contributed by atoms with E-state index in [-0.39, 0.29) is 0 Å². The Morgan fingerprint density at radius 3 is 2.62 bits per heavy atom. The second-order valence-electron chi connectivity index (χ2n) is 4.14. The summed E-state index contributed by atoms with van der Waals surface area (Å²) in [6.45, 7) is 7.21. The lowest BCUT2D eigenvalue weighted by Gasteiger charge is -2.15. The summed E-state index contributed by atoms with van der Waals surface area (Å²) in [7, 11) is 1.98. The first-order valence-corrected chi connectivity index (χ1v) is 5.76. The Morgan fingerprint density at radius 1 is 1.50 bits per heavy atom. The van der Waals surface area contributed by atoms with Gasteiger partial charge in [-0.3, -0.25) is 4.68 Å². The van der Waals surface area contributed by atoms with Crippen molar-refractivity contribution in [3.63, 3.8) is 0 Å². The van der Waals surface area contributed by atoms with E-state index in [0.717, 1.165) is 25.1 Å². The van der Waals surface area contributed by atoms with Gasteiger partial charge in [0.25, 0.3) is 0 Å². The standard InChI is InChI=1S/C13H21N3/c1-6-8-12(14-7-2)9-13-10(3)15-16(5)11(13)4/h1,12,14H,7-9H2,2-5H3. The highest BCUT2D eigenvalue weighted by Gasteiger charge is 2.14. The molecule has 0 aliphatic heterocycles. The molecule has 88 valence electrons. The molecule has 0 amide bonds. The van der Waals surface area contributed by atoms with Crippen molar-refractivity contribution >= 4 is 0 Å². The van der Waals surface area contributed by atoms with Gasteiger partial charge in [0.1, 0.15) is 0 Å². The van der Waals surface area contributed by atoms with Crippen molar-refractivity contribution in [2.24, 2.45) is 7.05 Å². The lowest BCUT2D eigenvalue weighted by molar-refractivity contribution is 0.533. The maximum absolute atomic E-state index is 5.38. The smallest absolute Gasteiger partial charge is 0.0628 e. The number of aryl methyl sites for hydroxylation is 2. The number of hydrogen-bond donors (Lipinski definition) is 1. The largest absolute Gasteiger partial charge is 0.313 e. The second kappa shape index (κ2) is 5.72. The van der Waals surface area contributed by atoms with E-state index in [4.69, 9.17) is 6.42 Å². The minimum Gasteiger partial charge on any atom is -0.313 e. The summed E-state index contributed by atoms with van der Waals surface area (Å²) in [5.41, 5.74) is 3.67. The predicted octanol–water partition coefficient (Wildman–Crippen LogP) is 1.58. The molecule has 1 unspecified atom stereocenters. The van der Waals surface area contributed by atoms with Crippen molar-refractivity contribution in [3.05, 3.63) is 17.0 Å². The van der Waals surface area contributed by atoms with Crippen molar-refractivity contribution in [2.45, 2.75) is 39.7 Å². The Kier molecular flexibility index (Phi) is 4.57. The molecule has 0 fully saturated rings. The summed E-state index contributed by atoms with van der Waals surface area (Å²) < 4.78 is 1.93. The Hall–Kier alpha value is -1.27. The summed E-state index contributed by atoms with van der Waals surface area (Å²) >= 11 is 0. The quantitative estimate of drug-likeness (QED) is 0.762. The molecule has 1 N–H and O–H groups in total. The van der Waals surface area contributed by atoms with E-state index in [1.54, 1.807) is 0 Å². The molecule has 0 saturated heterocycles. The fraction of sp³-hybridized carbons (Fsp3) is 0.615. The van der Waals surface area contributed by atoms with Crippen molar-refractivity contribution < 1.29 is 0 Å². The Labute approximate surface area is 98.2 Å². The highest BCUT2D eigenvalue weighted by molar-refractivity contribution is 5.25. The normalized spacial score (nSPS) is 12.4. The van der Waals surface area contributed by atoms with Gasteiger partial charge in [-0.25, -0.2) is 0 Å². The van der Waals surface area contributed by atoms with Crippen LogP contribution in [0.4, 0.5) is 0 Å². The number of likely N-dealkylation sites (N-methyl/N-ethyl adjacent to an activating group) is 1. The second-order valence-corrected chi connectivity index (χ2v) is 4.14. The molecule has 1 aromatic rings. The van der Waals surface area contributed by atoms with E-state index in [1.165, 1.54) is 11.3 Å². The molecule has 0 bridgehead atoms. The highest BCUT2D eigenvalue weighted by Crippen LogP contribution is 2.15. The molecule has 0 aliphatic carbocycles. The lowest BCUT2D eigenvalue weighted by Crippen LogP contribution is -2.30. The van der Waals surface area contributed by atoms with Crippen LogP contribution in [0.3, 0.4) is 0 Å². The Morgan fingerprint density at radius 2 is 2.19 bits per heavy atom. The summed E-state index contributed by atoms with van der Waals surface area (Å²) in [5.74, 6) is 2.73. The van der Waals surface area contributed by atoms with E-state index < -0.39 is 0 Å². The van der Waals surface area contributed by atoms with Gasteiger partial charge in [-0.15, -0.1) is 12.3 Å². The van der Waals surface area contributed by atoms with E-state index >= 15 is 0 Å². The van der Waals surface area contributed by atoms with Crippen LogP contribution in [0.1, 0.15) is 30.3 Å². The fourth-order valence-corrected chi connectivity index (χ4v) is 2.01. The third-order valence-electron chi connectivity index (χ3n) is 2.97. The molecule has 1 atom stereocenters. The molecular formula is C13H21N3. The van der Waals surface area contributed by atoms with E-state index in [2.05, 4.69) is 37.1 Å². The predicted molar refractivity (Wildman–Crippen MR) is 67.3 cm³/mol. The van der Waals surface area contributed by atoms with E-state index in [0.29, 0.717) is 6.04 Å². The summed E-state index contributed by atoms with van der Waals surface area (Å²) in [6.07, 6.45) is 7.11. The maximum Gasteiger partial charge on any atom is 0.0628 e. The van der Waals surface area contributed by atoms with E-state index in [1.807, 2.05) is 11.7 Å². The molecule has 0 aliphatic rings. The lowest BCUT2D eigenvalue weighted by atomic mass is 10.0. The molecule has 16 heavy (non-hydrogen) atoms. The number of rotatable bonds is 5. The zero-order chi connectivity index (χ0) is 12.1. The molecule has 0 aromatic carbocycles. The van der Waals surface area contributed by atoms with Gasteiger partial charge in [-0.05, 0) is 32.4 Å². The van der Waals surface area contributed by atoms with Crippen LogP contribution in [0.15, 0.2) is 0 Å². The maximum atomic E-state index is 5.38. The number of nitrogens with zero attached hydrogens (tertiary/aromatic N) is 2. The first-order chi connectivity index (χ1) is 7.60. The van der Waals surface area contributed by atoms with Gasteiger partial charge < -0.3 is 5.32 Å². The van der Waals surface area contributed by atoms with Gasteiger partial charge in [0.05, 0.1) is 5.69 Å². The minimum absolute atomic E-state index is 0.358. The van der Waals surface area contributed by atoms with Crippen LogP contribution in [0.2, 0.25) is 0 Å². The zero-order valence-electron chi connectivity index (χ0n) is 10.7. The van der Waals surface area contributed by atoms with Gasteiger partial charge >= 0.3 is 0 Å². The monoisotopic (exact) mass is 219 g/mol. The number of aromatic nitrogens is 2. The van der Waals surface area contributed by atoms with Gasteiger partial charge in [-0.2, -0.15) is 5.10 Å². The van der Waals surface area contributed by atoms with Crippen LogP contribution >= 0.6 is 0 Å². The first-order valence-electron chi connectivity index (χ1n) is 5.76. The first kappa shape index (κ1) is 12.8. The topological polar surface area (TPSA) is 29.9 Å². The minimum atomic E-state index is 0.358. The van der Waals surface area contributed by atoms with Gasteiger partial charge in [0.15, 0.2) is 0 Å². The molecule has 0 saturated carbocycles.